The number of hydrogen-bond acceptors (Lipinski definition) is 8. The molecule has 1 N–H and O–H groups in total. The first-order valence-electron chi connectivity index (χ1n) is 5.62. The third-order valence-electron chi connectivity index (χ3n) is 2.32. The molecule has 0 aliphatic carbocycles. The van der Waals surface area contributed by atoms with Crippen molar-refractivity contribution in [3.8, 4) is 0 Å². The minimum Gasteiger partial charge on any atom is -0.456 e. The van der Waals surface area contributed by atoms with Gasteiger partial charge in [-0.1, -0.05) is 0 Å². The second kappa shape index (κ2) is 6.48. The van der Waals surface area contributed by atoms with Crippen LogP contribution < -0.4 is 0 Å². The fourth-order valence-electron chi connectivity index (χ4n) is 1.72. The molecular formula is C11H16O8. The molecule has 1 heterocycles. The molecule has 0 radical (unpaired) electrons. The Labute approximate surface area is 109 Å². The second-order valence-corrected chi connectivity index (χ2v) is 4.02. The van der Waals surface area contributed by atoms with Gasteiger partial charge in [0.1, 0.15) is 0 Å². The number of hydrogen-bond donors (Lipinski definition) is 1. The predicted octanol–water partition coefficient (Wildman–Crippen LogP) is -0.870. The molecule has 0 aromatic carbocycles. The fraction of sp³-hybridized carbons (Fsp3) is 0.727. The van der Waals surface area contributed by atoms with Crippen LogP contribution in [-0.2, 0) is 33.3 Å². The van der Waals surface area contributed by atoms with Crippen molar-refractivity contribution in [3.63, 3.8) is 0 Å². The Morgan fingerprint density at radius 3 is 1.89 bits per heavy atom. The summed E-state index contributed by atoms with van der Waals surface area (Å²) in [5.74, 6) is -1.95. The summed E-state index contributed by atoms with van der Waals surface area (Å²) in [6, 6.07) is 0. The first-order chi connectivity index (χ1) is 8.81. The lowest BCUT2D eigenvalue weighted by atomic mass is 10.0. The average molecular weight is 276 g/mol. The van der Waals surface area contributed by atoms with Gasteiger partial charge < -0.3 is 24.1 Å². The van der Waals surface area contributed by atoms with Gasteiger partial charge in [0.05, 0.1) is 6.61 Å². The number of esters is 3. The third kappa shape index (κ3) is 4.49. The monoisotopic (exact) mass is 276 g/mol. The Bertz CT molecular complexity index is 366. The lowest BCUT2D eigenvalue weighted by molar-refractivity contribution is -0.267. The molecule has 1 rings (SSSR count). The Kier molecular flexibility index (Phi) is 5.25. The molecule has 0 saturated carbocycles. The van der Waals surface area contributed by atoms with Crippen LogP contribution in [0.2, 0.25) is 0 Å². The summed E-state index contributed by atoms with van der Waals surface area (Å²) in [5.41, 5.74) is 0. The van der Waals surface area contributed by atoms with Crippen molar-refractivity contribution in [1.29, 1.82) is 0 Å². The molecule has 1 unspecified atom stereocenters. The normalized spacial score (nSPS) is 30.3. The first-order valence-corrected chi connectivity index (χ1v) is 5.62. The molecule has 0 amide bonds. The van der Waals surface area contributed by atoms with Crippen molar-refractivity contribution >= 4 is 17.9 Å². The highest BCUT2D eigenvalue weighted by Crippen LogP contribution is 2.23. The van der Waals surface area contributed by atoms with Gasteiger partial charge in [0.25, 0.3) is 0 Å². The van der Waals surface area contributed by atoms with Crippen molar-refractivity contribution in [1.82, 2.24) is 0 Å². The number of carbonyl (C=O) groups excluding carboxylic acids is 3. The van der Waals surface area contributed by atoms with Crippen LogP contribution in [0.3, 0.4) is 0 Å². The van der Waals surface area contributed by atoms with Crippen LogP contribution in [0.4, 0.5) is 0 Å². The number of carbonyl (C=O) groups is 3. The zero-order valence-corrected chi connectivity index (χ0v) is 10.8. The summed E-state index contributed by atoms with van der Waals surface area (Å²) >= 11 is 0. The van der Waals surface area contributed by atoms with Gasteiger partial charge in [0.2, 0.25) is 0 Å². The number of aliphatic hydroxyl groups excluding tert-OH is 1. The maximum atomic E-state index is 11.1. The maximum absolute atomic E-state index is 11.1. The molecular weight excluding hydrogens is 260 g/mol. The zero-order valence-electron chi connectivity index (χ0n) is 10.8. The standard InChI is InChI=1S/C11H16O8/c1-5(12)17-8-4-16-11(15)10(19-7(3)14)9(8)18-6(2)13/h8-11,15H,4H2,1-3H3/t8-,9+,10?,11-/m1/s1. The molecule has 8 nitrogen and oxygen atoms in total. The van der Waals surface area contributed by atoms with Gasteiger partial charge in [-0.25, -0.2) is 0 Å². The summed E-state index contributed by atoms with van der Waals surface area (Å²) in [6.07, 6.45) is -4.78. The van der Waals surface area contributed by atoms with Crippen LogP contribution in [0.15, 0.2) is 0 Å². The highest BCUT2D eigenvalue weighted by Gasteiger charge is 2.46. The van der Waals surface area contributed by atoms with Crippen LogP contribution in [0.5, 0.6) is 0 Å². The largest absolute Gasteiger partial charge is 0.456 e. The molecule has 4 atom stereocenters. The zero-order chi connectivity index (χ0) is 14.6. The van der Waals surface area contributed by atoms with Gasteiger partial charge in [-0.05, 0) is 0 Å². The summed E-state index contributed by atoms with van der Waals surface area (Å²) in [7, 11) is 0. The Balaban J connectivity index is 2.89. The van der Waals surface area contributed by atoms with E-state index >= 15 is 0 Å². The molecule has 108 valence electrons. The van der Waals surface area contributed by atoms with E-state index in [1.807, 2.05) is 0 Å². The number of ether oxygens (including phenoxy) is 4. The quantitative estimate of drug-likeness (QED) is 0.523. The predicted molar refractivity (Wildman–Crippen MR) is 58.6 cm³/mol. The lowest BCUT2D eigenvalue weighted by Crippen LogP contribution is -2.57. The van der Waals surface area contributed by atoms with E-state index in [9.17, 15) is 19.5 Å². The maximum Gasteiger partial charge on any atom is 0.303 e. The van der Waals surface area contributed by atoms with Crippen LogP contribution in [0, 0.1) is 0 Å². The Morgan fingerprint density at radius 1 is 0.947 bits per heavy atom. The topological polar surface area (TPSA) is 108 Å². The number of rotatable bonds is 3. The van der Waals surface area contributed by atoms with Gasteiger partial charge in [-0.3, -0.25) is 14.4 Å². The van der Waals surface area contributed by atoms with Crippen molar-refractivity contribution in [2.45, 2.75) is 45.4 Å². The summed E-state index contributed by atoms with van der Waals surface area (Å²) in [6.45, 7) is 3.29. The third-order valence-corrected chi connectivity index (χ3v) is 2.32. The SMILES string of the molecule is CC(=O)OC1[C@H](O)OC[C@@H](OC(C)=O)[C@@H]1OC(C)=O. The van der Waals surface area contributed by atoms with Gasteiger partial charge >= 0.3 is 17.9 Å². The van der Waals surface area contributed by atoms with E-state index in [1.165, 1.54) is 6.92 Å². The van der Waals surface area contributed by atoms with Gasteiger partial charge in [0, 0.05) is 20.8 Å². The minimum absolute atomic E-state index is 0.170. The van der Waals surface area contributed by atoms with E-state index in [2.05, 4.69) is 0 Å². The summed E-state index contributed by atoms with van der Waals surface area (Å²) in [5, 5.41) is 9.62. The van der Waals surface area contributed by atoms with Crippen molar-refractivity contribution in [3.05, 3.63) is 0 Å². The first kappa shape index (κ1) is 15.4. The molecule has 19 heavy (non-hydrogen) atoms. The van der Waals surface area contributed by atoms with Crippen LogP contribution in [-0.4, -0.2) is 54.2 Å². The molecule has 0 aromatic heterocycles. The van der Waals surface area contributed by atoms with E-state index in [4.69, 9.17) is 18.9 Å². The minimum atomic E-state index is -1.46. The molecule has 1 saturated heterocycles. The van der Waals surface area contributed by atoms with Gasteiger partial charge in [0.15, 0.2) is 24.6 Å². The second-order valence-electron chi connectivity index (χ2n) is 4.02. The van der Waals surface area contributed by atoms with E-state index in [0.717, 1.165) is 13.8 Å². The summed E-state index contributed by atoms with van der Waals surface area (Å²) < 4.78 is 19.6. The van der Waals surface area contributed by atoms with Crippen molar-refractivity contribution in [2.75, 3.05) is 6.61 Å². The van der Waals surface area contributed by atoms with E-state index in [0.29, 0.717) is 0 Å². The molecule has 8 heteroatoms. The molecule has 0 spiro atoms. The van der Waals surface area contributed by atoms with Crippen LogP contribution in [0.1, 0.15) is 20.8 Å². The van der Waals surface area contributed by atoms with Gasteiger partial charge in [-0.2, -0.15) is 0 Å². The summed E-state index contributed by atoms with van der Waals surface area (Å²) in [4.78, 5) is 33.0. The molecule has 0 aromatic rings. The fourth-order valence-corrected chi connectivity index (χ4v) is 1.72. The number of aliphatic hydroxyl groups is 1. The molecule has 0 bridgehead atoms. The average Bonchev–Trinajstić information content (AvgIpc) is 2.25. The van der Waals surface area contributed by atoms with E-state index in [1.54, 1.807) is 0 Å². The van der Waals surface area contributed by atoms with Crippen molar-refractivity contribution < 1.29 is 38.4 Å². The lowest BCUT2D eigenvalue weighted by Gasteiger charge is -2.38. The Morgan fingerprint density at radius 2 is 1.42 bits per heavy atom. The molecule has 1 aliphatic heterocycles. The van der Waals surface area contributed by atoms with Crippen LogP contribution >= 0.6 is 0 Å². The molecule has 1 aliphatic rings. The van der Waals surface area contributed by atoms with E-state index < -0.39 is 42.5 Å². The smallest absolute Gasteiger partial charge is 0.303 e. The highest BCUT2D eigenvalue weighted by atomic mass is 16.7. The van der Waals surface area contributed by atoms with Gasteiger partial charge in [-0.15, -0.1) is 0 Å². The molecule has 1 fully saturated rings. The van der Waals surface area contributed by atoms with Crippen LogP contribution in [0.25, 0.3) is 0 Å². The Hall–Kier alpha value is -1.67. The highest BCUT2D eigenvalue weighted by molar-refractivity contribution is 5.68. The van der Waals surface area contributed by atoms with E-state index in [-0.39, 0.29) is 6.61 Å². The van der Waals surface area contributed by atoms with Crippen molar-refractivity contribution in [2.24, 2.45) is 0 Å².